The third-order valence-corrected chi connectivity index (χ3v) is 6.04. The summed E-state index contributed by atoms with van der Waals surface area (Å²) < 4.78 is 7.11. The normalized spacial score (nSPS) is 10.9. The van der Waals surface area contributed by atoms with Crippen molar-refractivity contribution < 1.29 is 9.53 Å². The van der Waals surface area contributed by atoms with E-state index in [2.05, 4.69) is 25.9 Å². The second-order valence-electron chi connectivity index (χ2n) is 6.86. The molecule has 0 atom stereocenters. The van der Waals surface area contributed by atoms with E-state index in [1.807, 2.05) is 39.0 Å². The largest absolute Gasteiger partial charge is 0.492 e. The lowest BCUT2D eigenvalue weighted by atomic mass is 10.1. The Morgan fingerprint density at radius 3 is 2.72 bits per heavy atom. The van der Waals surface area contributed by atoms with Crippen LogP contribution in [0.15, 0.2) is 36.4 Å². The highest BCUT2D eigenvalue weighted by Gasteiger charge is 2.14. The van der Waals surface area contributed by atoms with Gasteiger partial charge in [0.2, 0.25) is 4.96 Å². The molecule has 2 heterocycles. The third kappa shape index (κ3) is 4.57. The van der Waals surface area contributed by atoms with Gasteiger partial charge in [-0.2, -0.15) is 9.61 Å². The van der Waals surface area contributed by atoms with Crippen molar-refractivity contribution in [2.24, 2.45) is 0 Å². The van der Waals surface area contributed by atoms with Gasteiger partial charge in [0.05, 0.1) is 11.6 Å². The number of halogens is 1. The predicted octanol–water partition coefficient (Wildman–Crippen LogP) is 4.65. The third-order valence-electron chi connectivity index (χ3n) is 4.59. The number of amides is 1. The van der Waals surface area contributed by atoms with Gasteiger partial charge in [-0.15, -0.1) is 10.2 Å². The Bertz CT molecular complexity index is 1330. The molecule has 1 amide bonds. The summed E-state index contributed by atoms with van der Waals surface area (Å²) in [6, 6.07) is 10.7. The lowest BCUT2D eigenvalue weighted by molar-refractivity contribution is 0.0977. The minimum absolute atomic E-state index is 0.185. The highest BCUT2D eigenvalue weighted by atomic mass is 35.5. The highest BCUT2D eigenvalue weighted by Crippen LogP contribution is 2.29. The second-order valence-corrected chi connectivity index (χ2v) is 8.64. The second kappa shape index (κ2) is 9.19. The summed E-state index contributed by atoms with van der Waals surface area (Å²) in [6.45, 7) is 6.17. The summed E-state index contributed by atoms with van der Waals surface area (Å²) in [5, 5.41) is 19.8. The molecule has 0 unspecified atom stereocenters. The molecule has 8 nitrogen and oxygen atoms in total. The zero-order chi connectivity index (χ0) is 22.8. The van der Waals surface area contributed by atoms with E-state index in [4.69, 9.17) is 28.6 Å². The molecular weight excluding hydrogens is 468 g/mol. The maximum absolute atomic E-state index is 12.5. The van der Waals surface area contributed by atoms with Crippen LogP contribution in [0.3, 0.4) is 0 Å². The summed E-state index contributed by atoms with van der Waals surface area (Å²) in [6.07, 6.45) is 0. The van der Waals surface area contributed by atoms with Crippen LogP contribution in [0.25, 0.3) is 15.5 Å². The quantitative estimate of drug-likeness (QED) is 0.396. The monoisotopic (exact) mass is 486 g/mol. The van der Waals surface area contributed by atoms with E-state index < -0.39 is 0 Å². The number of rotatable bonds is 5. The molecule has 2 N–H and O–H groups in total. The van der Waals surface area contributed by atoms with Crippen molar-refractivity contribution in [2.45, 2.75) is 20.8 Å². The smallest absolute Gasteiger partial charge is 0.257 e. The van der Waals surface area contributed by atoms with Crippen LogP contribution in [0.1, 0.15) is 28.7 Å². The molecule has 164 valence electrons. The number of anilines is 1. The summed E-state index contributed by atoms with van der Waals surface area (Å²) in [5.74, 6) is 0.909. The van der Waals surface area contributed by atoms with Crippen molar-refractivity contribution in [1.29, 1.82) is 0 Å². The van der Waals surface area contributed by atoms with Crippen molar-refractivity contribution >= 4 is 56.8 Å². The summed E-state index contributed by atoms with van der Waals surface area (Å²) in [5.41, 5.74) is 3.07. The van der Waals surface area contributed by atoms with Gasteiger partial charge in [-0.3, -0.25) is 10.1 Å². The molecule has 2 aromatic carbocycles. The van der Waals surface area contributed by atoms with Gasteiger partial charge >= 0.3 is 0 Å². The highest BCUT2D eigenvalue weighted by molar-refractivity contribution is 7.80. The fourth-order valence-electron chi connectivity index (χ4n) is 3.01. The van der Waals surface area contributed by atoms with Crippen LogP contribution in [0.4, 0.5) is 5.69 Å². The molecule has 0 spiro atoms. The summed E-state index contributed by atoms with van der Waals surface area (Å²) >= 11 is 12.9. The first-order chi connectivity index (χ1) is 15.4. The average molecular weight is 487 g/mol. The predicted molar refractivity (Wildman–Crippen MR) is 130 cm³/mol. The van der Waals surface area contributed by atoms with Crippen LogP contribution in [0, 0.1) is 13.8 Å². The van der Waals surface area contributed by atoms with Gasteiger partial charge in [0, 0.05) is 16.8 Å². The Morgan fingerprint density at radius 1 is 1.22 bits per heavy atom. The number of aromatic nitrogens is 4. The molecule has 4 aromatic rings. The molecular formula is C21H19ClN6O2S2. The number of carbonyl (C=O) groups is 1. The number of benzene rings is 2. The molecule has 0 aliphatic rings. The SMILES string of the molecule is CCOc1ccc(C(=O)NC(=S)Nc2ccc(-c3nn4c(C)nnc4s3)cc2C)cc1Cl. The van der Waals surface area contributed by atoms with Crippen LogP contribution < -0.4 is 15.4 Å². The first-order valence-electron chi connectivity index (χ1n) is 9.70. The fraction of sp³-hybridized carbons (Fsp3) is 0.190. The molecule has 0 aliphatic carbocycles. The number of nitrogens with one attached hydrogen (secondary N) is 2. The Balaban J connectivity index is 1.44. The van der Waals surface area contributed by atoms with Crippen molar-refractivity contribution in [3.8, 4) is 16.3 Å². The Hall–Kier alpha value is -3.08. The van der Waals surface area contributed by atoms with E-state index in [1.54, 1.807) is 22.7 Å². The number of carbonyl (C=O) groups excluding carboxylic acids is 1. The number of hydrogen-bond acceptors (Lipinski definition) is 7. The van der Waals surface area contributed by atoms with Crippen molar-refractivity contribution in [2.75, 3.05) is 11.9 Å². The maximum atomic E-state index is 12.5. The maximum Gasteiger partial charge on any atom is 0.257 e. The van der Waals surface area contributed by atoms with Gasteiger partial charge in [-0.05, 0) is 75.0 Å². The molecule has 0 fully saturated rings. The topological polar surface area (TPSA) is 93.4 Å². The molecule has 32 heavy (non-hydrogen) atoms. The Kier molecular flexibility index (Phi) is 6.35. The van der Waals surface area contributed by atoms with Crippen LogP contribution in [-0.4, -0.2) is 37.4 Å². The first-order valence-corrected chi connectivity index (χ1v) is 11.3. The van der Waals surface area contributed by atoms with E-state index >= 15 is 0 Å². The number of ether oxygens (including phenoxy) is 1. The number of fused-ring (bicyclic) bond motifs is 1. The summed E-state index contributed by atoms with van der Waals surface area (Å²) in [7, 11) is 0. The van der Waals surface area contributed by atoms with E-state index in [1.165, 1.54) is 11.3 Å². The summed E-state index contributed by atoms with van der Waals surface area (Å²) in [4.78, 5) is 13.3. The number of thiocarbonyl (C=S) groups is 1. The minimum atomic E-state index is -0.364. The first kappa shape index (κ1) is 22.1. The Morgan fingerprint density at radius 2 is 2.03 bits per heavy atom. The van der Waals surface area contributed by atoms with Crippen LogP contribution >= 0.6 is 35.2 Å². The molecule has 2 aromatic heterocycles. The van der Waals surface area contributed by atoms with Gasteiger partial charge in [0.15, 0.2) is 10.9 Å². The number of aryl methyl sites for hydroxylation is 2. The molecule has 0 bridgehead atoms. The lowest BCUT2D eigenvalue weighted by Gasteiger charge is -2.13. The van der Waals surface area contributed by atoms with E-state index in [0.29, 0.717) is 22.9 Å². The van der Waals surface area contributed by atoms with Gasteiger partial charge < -0.3 is 10.1 Å². The Labute approximate surface area is 198 Å². The van der Waals surface area contributed by atoms with E-state index in [9.17, 15) is 4.79 Å². The molecule has 0 saturated heterocycles. The number of hydrogen-bond donors (Lipinski definition) is 2. The van der Waals surface area contributed by atoms with Gasteiger partial charge in [-0.1, -0.05) is 22.9 Å². The van der Waals surface area contributed by atoms with E-state index in [0.717, 1.165) is 32.6 Å². The molecule has 0 saturated carbocycles. The van der Waals surface area contributed by atoms with Gasteiger partial charge in [0.25, 0.3) is 5.91 Å². The van der Waals surface area contributed by atoms with E-state index in [-0.39, 0.29) is 11.0 Å². The van der Waals surface area contributed by atoms with Crippen molar-refractivity contribution in [3.05, 3.63) is 58.4 Å². The van der Waals surface area contributed by atoms with Crippen LogP contribution in [-0.2, 0) is 0 Å². The van der Waals surface area contributed by atoms with Gasteiger partial charge in [0.1, 0.15) is 10.8 Å². The molecule has 4 rings (SSSR count). The zero-order valence-electron chi connectivity index (χ0n) is 17.5. The van der Waals surface area contributed by atoms with Crippen molar-refractivity contribution in [1.82, 2.24) is 25.1 Å². The van der Waals surface area contributed by atoms with Crippen LogP contribution in [0.5, 0.6) is 5.75 Å². The molecule has 11 heteroatoms. The van der Waals surface area contributed by atoms with Gasteiger partial charge in [-0.25, -0.2) is 0 Å². The number of nitrogens with zero attached hydrogens (tertiary/aromatic N) is 4. The fourth-order valence-corrected chi connectivity index (χ4v) is 4.33. The van der Waals surface area contributed by atoms with Crippen LogP contribution in [0.2, 0.25) is 5.02 Å². The minimum Gasteiger partial charge on any atom is -0.492 e. The molecule has 0 radical (unpaired) electrons. The zero-order valence-corrected chi connectivity index (χ0v) is 19.9. The standard InChI is InChI=1S/C21H19ClN6O2S2/c1-4-30-17-8-6-13(10-15(17)22)18(29)24-20(31)23-16-7-5-14(9-11(16)2)19-27-28-12(3)25-26-21(28)32-19/h5-10H,4H2,1-3H3,(H2,23,24,29,31). The van der Waals surface area contributed by atoms with Crippen molar-refractivity contribution in [3.63, 3.8) is 0 Å². The lowest BCUT2D eigenvalue weighted by Crippen LogP contribution is -2.34. The average Bonchev–Trinajstić information content (AvgIpc) is 3.33. The molecule has 0 aliphatic heterocycles.